The van der Waals surface area contributed by atoms with Crippen LogP contribution in [0.2, 0.25) is 5.02 Å². The molecule has 0 unspecified atom stereocenters. The van der Waals surface area contributed by atoms with Crippen molar-refractivity contribution in [1.29, 1.82) is 0 Å². The third-order valence-electron chi connectivity index (χ3n) is 1.52. The minimum Gasteiger partial charge on any atom is -0.490 e. The van der Waals surface area contributed by atoms with Gasteiger partial charge in [0.15, 0.2) is 5.75 Å². The average molecular weight is 187 g/mol. The molecule has 58 valence electrons. The minimum atomic E-state index is 0.717. The van der Waals surface area contributed by atoms with Gasteiger partial charge in [-0.15, -0.1) is 11.8 Å². The van der Waals surface area contributed by atoms with Gasteiger partial charge in [-0.2, -0.15) is 0 Å². The van der Waals surface area contributed by atoms with E-state index < -0.39 is 0 Å². The molecule has 0 N–H and O–H groups in total. The SMILES string of the molecule is Clc1cccc2c1OCCS2. The lowest BCUT2D eigenvalue weighted by atomic mass is 10.3. The molecule has 0 aromatic heterocycles. The van der Waals surface area contributed by atoms with E-state index in [1.807, 2.05) is 18.2 Å². The molecule has 0 fully saturated rings. The smallest absolute Gasteiger partial charge is 0.151 e. The number of hydrogen-bond acceptors (Lipinski definition) is 2. The van der Waals surface area contributed by atoms with Crippen LogP contribution in [0.5, 0.6) is 5.75 Å². The zero-order valence-electron chi connectivity index (χ0n) is 5.84. The van der Waals surface area contributed by atoms with E-state index in [4.69, 9.17) is 16.3 Å². The summed E-state index contributed by atoms with van der Waals surface area (Å²) in [6, 6.07) is 5.83. The second-order valence-electron chi connectivity index (χ2n) is 2.26. The van der Waals surface area contributed by atoms with Crippen LogP contribution in [0.4, 0.5) is 0 Å². The Morgan fingerprint density at radius 2 is 2.36 bits per heavy atom. The fraction of sp³-hybridized carbons (Fsp3) is 0.250. The zero-order valence-corrected chi connectivity index (χ0v) is 7.41. The number of thioether (sulfide) groups is 1. The predicted molar refractivity (Wildman–Crippen MR) is 47.7 cm³/mol. The summed E-state index contributed by atoms with van der Waals surface area (Å²) in [5, 5.41) is 0.717. The number of rotatable bonds is 0. The van der Waals surface area contributed by atoms with Gasteiger partial charge in [-0.25, -0.2) is 0 Å². The molecule has 11 heavy (non-hydrogen) atoms. The van der Waals surface area contributed by atoms with Crippen molar-refractivity contribution in [2.75, 3.05) is 12.4 Å². The van der Waals surface area contributed by atoms with Crippen molar-refractivity contribution in [3.05, 3.63) is 23.2 Å². The molecule has 0 saturated heterocycles. The van der Waals surface area contributed by atoms with Gasteiger partial charge in [0.1, 0.15) is 0 Å². The van der Waals surface area contributed by atoms with Crippen molar-refractivity contribution in [2.45, 2.75) is 4.90 Å². The third-order valence-corrected chi connectivity index (χ3v) is 2.82. The van der Waals surface area contributed by atoms with E-state index in [2.05, 4.69) is 0 Å². The molecule has 3 heteroatoms. The summed E-state index contributed by atoms with van der Waals surface area (Å²) in [5.41, 5.74) is 0. The summed E-state index contributed by atoms with van der Waals surface area (Å²) < 4.78 is 5.40. The number of benzene rings is 1. The molecular weight excluding hydrogens is 180 g/mol. The van der Waals surface area contributed by atoms with Gasteiger partial charge < -0.3 is 4.74 Å². The maximum atomic E-state index is 5.90. The Kier molecular flexibility index (Phi) is 1.96. The van der Waals surface area contributed by atoms with Gasteiger partial charge in [-0.3, -0.25) is 0 Å². The predicted octanol–water partition coefficient (Wildman–Crippen LogP) is 2.82. The lowest BCUT2D eigenvalue weighted by Crippen LogP contribution is -2.06. The van der Waals surface area contributed by atoms with Gasteiger partial charge >= 0.3 is 0 Å². The molecule has 1 heterocycles. The van der Waals surface area contributed by atoms with Crippen LogP contribution in [0.15, 0.2) is 23.1 Å². The highest BCUT2D eigenvalue weighted by Gasteiger charge is 2.12. The summed E-state index contributed by atoms with van der Waals surface area (Å²) in [5.74, 6) is 1.87. The fourth-order valence-electron chi connectivity index (χ4n) is 1.04. The molecule has 2 rings (SSSR count). The zero-order chi connectivity index (χ0) is 7.68. The monoisotopic (exact) mass is 186 g/mol. The number of para-hydroxylation sites is 1. The van der Waals surface area contributed by atoms with E-state index in [1.54, 1.807) is 11.8 Å². The van der Waals surface area contributed by atoms with Gasteiger partial charge in [0.2, 0.25) is 0 Å². The van der Waals surface area contributed by atoms with Crippen LogP contribution < -0.4 is 4.74 Å². The van der Waals surface area contributed by atoms with E-state index in [0.717, 1.165) is 28.0 Å². The lowest BCUT2D eigenvalue weighted by Gasteiger charge is -2.16. The standard InChI is InChI=1S/C8H7ClOS/c9-6-2-1-3-7-8(6)10-4-5-11-7/h1-3H,4-5H2. The van der Waals surface area contributed by atoms with Gasteiger partial charge in [0, 0.05) is 5.75 Å². The summed E-state index contributed by atoms with van der Waals surface area (Å²) >= 11 is 7.70. The molecule has 1 nitrogen and oxygen atoms in total. The van der Waals surface area contributed by atoms with Gasteiger partial charge in [-0.1, -0.05) is 17.7 Å². The largest absolute Gasteiger partial charge is 0.490 e. The molecule has 0 amide bonds. The Morgan fingerprint density at radius 1 is 1.45 bits per heavy atom. The first kappa shape index (κ1) is 7.32. The van der Waals surface area contributed by atoms with Crippen LogP contribution in [0.25, 0.3) is 0 Å². The lowest BCUT2D eigenvalue weighted by molar-refractivity contribution is 0.330. The molecule has 0 saturated carbocycles. The van der Waals surface area contributed by atoms with Crippen molar-refractivity contribution in [1.82, 2.24) is 0 Å². The number of fused-ring (bicyclic) bond motifs is 1. The van der Waals surface area contributed by atoms with E-state index in [0.29, 0.717) is 0 Å². The van der Waals surface area contributed by atoms with Crippen LogP contribution in [-0.4, -0.2) is 12.4 Å². The fourth-order valence-corrected chi connectivity index (χ4v) is 2.18. The number of hydrogen-bond donors (Lipinski definition) is 0. The summed E-state index contributed by atoms with van der Waals surface area (Å²) in [6.45, 7) is 0.765. The average Bonchev–Trinajstić information content (AvgIpc) is 2.06. The molecule has 0 atom stereocenters. The Bertz CT molecular complexity index is 275. The van der Waals surface area contributed by atoms with Gasteiger partial charge in [-0.05, 0) is 12.1 Å². The first-order chi connectivity index (χ1) is 5.38. The molecule has 1 aliphatic heterocycles. The Morgan fingerprint density at radius 3 is 3.18 bits per heavy atom. The quantitative estimate of drug-likeness (QED) is 0.616. The molecule has 1 aromatic rings. The highest BCUT2D eigenvalue weighted by molar-refractivity contribution is 7.99. The van der Waals surface area contributed by atoms with E-state index in [1.165, 1.54) is 0 Å². The van der Waals surface area contributed by atoms with Crippen molar-refractivity contribution < 1.29 is 4.74 Å². The molecule has 1 aromatic carbocycles. The highest BCUT2D eigenvalue weighted by atomic mass is 35.5. The van der Waals surface area contributed by atoms with E-state index >= 15 is 0 Å². The second kappa shape index (κ2) is 2.95. The van der Waals surface area contributed by atoms with Gasteiger partial charge in [0.25, 0.3) is 0 Å². The summed E-state index contributed by atoms with van der Waals surface area (Å²) in [7, 11) is 0. The molecule has 0 bridgehead atoms. The van der Waals surface area contributed by atoms with Gasteiger partial charge in [0.05, 0.1) is 16.5 Å². The van der Waals surface area contributed by atoms with E-state index in [-0.39, 0.29) is 0 Å². The second-order valence-corrected chi connectivity index (χ2v) is 3.81. The Hall–Kier alpha value is -0.340. The number of ether oxygens (including phenoxy) is 1. The molecular formula is C8H7ClOS. The molecule has 0 spiro atoms. The third kappa shape index (κ3) is 1.33. The summed E-state index contributed by atoms with van der Waals surface area (Å²) in [6.07, 6.45) is 0. The van der Waals surface area contributed by atoms with Crippen LogP contribution in [-0.2, 0) is 0 Å². The maximum Gasteiger partial charge on any atom is 0.151 e. The van der Waals surface area contributed by atoms with Crippen LogP contribution in [0.1, 0.15) is 0 Å². The first-order valence-electron chi connectivity index (χ1n) is 3.42. The molecule has 0 radical (unpaired) electrons. The molecule has 0 aliphatic carbocycles. The van der Waals surface area contributed by atoms with Crippen LogP contribution in [0.3, 0.4) is 0 Å². The van der Waals surface area contributed by atoms with Crippen molar-refractivity contribution in [3.63, 3.8) is 0 Å². The van der Waals surface area contributed by atoms with Crippen molar-refractivity contribution >= 4 is 23.4 Å². The summed E-state index contributed by atoms with van der Waals surface area (Å²) in [4.78, 5) is 1.16. The Labute approximate surface area is 74.7 Å². The van der Waals surface area contributed by atoms with Crippen molar-refractivity contribution in [2.24, 2.45) is 0 Å². The minimum absolute atomic E-state index is 0.717. The van der Waals surface area contributed by atoms with Crippen molar-refractivity contribution in [3.8, 4) is 5.75 Å². The first-order valence-corrected chi connectivity index (χ1v) is 4.78. The van der Waals surface area contributed by atoms with E-state index in [9.17, 15) is 0 Å². The van der Waals surface area contributed by atoms with Crippen LogP contribution in [0, 0.1) is 0 Å². The molecule has 1 aliphatic rings. The maximum absolute atomic E-state index is 5.90. The normalized spacial score (nSPS) is 15.4. The topological polar surface area (TPSA) is 9.23 Å². The highest BCUT2D eigenvalue weighted by Crippen LogP contribution is 2.38. The number of halogens is 1. The van der Waals surface area contributed by atoms with Crippen LogP contribution >= 0.6 is 23.4 Å². The Balaban J connectivity index is 2.49.